The maximum absolute atomic E-state index is 13.2. The molecule has 2 amide bonds. The van der Waals surface area contributed by atoms with E-state index in [0.29, 0.717) is 18.7 Å². The Morgan fingerprint density at radius 3 is 2.18 bits per heavy atom. The molecule has 1 aromatic carbocycles. The highest BCUT2D eigenvalue weighted by atomic mass is 19.1. The molecule has 0 saturated heterocycles. The summed E-state index contributed by atoms with van der Waals surface area (Å²) in [5.74, 6) is -0.116. The molecule has 1 aliphatic rings. The van der Waals surface area contributed by atoms with Gasteiger partial charge in [-0.05, 0) is 49.2 Å². The number of nitrogens with zero attached hydrogens (tertiary/aromatic N) is 2. The lowest BCUT2D eigenvalue weighted by Gasteiger charge is -2.17. The zero-order valence-corrected chi connectivity index (χ0v) is 22.4. The van der Waals surface area contributed by atoms with Gasteiger partial charge in [0.25, 0.3) is 5.91 Å². The summed E-state index contributed by atoms with van der Waals surface area (Å²) in [5.41, 5.74) is 2.78. The Bertz CT molecular complexity index is 799. The molecule has 0 unspecified atom stereocenters. The monoisotopic (exact) mass is 476 g/mol. The molecule has 2 rings (SSSR count). The summed E-state index contributed by atoms with van der Waals surface area (Å²) in [5, 5.41) is 5.08. The minimum Gasteiger partial charge on any atom is -0.358 e. The minimum absolute atomic E-state index is 0.0980. The molecule has 7 heteroatoms. The summed E-state index contributed by atoms with van der Waals surface area (Å²) in [6.07, 6.45) is 3.96. The summed E-state index contributed by atoms with van der Waals surface area (Å²) >= 11 is 0. The zero-order chi connectivity index (χ0) is 26.1. The van der Waals surface area contributed by atoms with Gasteiger partial charge in [0.2, 0.25) is 5.91 Å². The van der Waals surface area contributed by atoms with Gasteiger partial charge in [0.1, 0.15) is 11.5 Å². The van der Waals surface area contributed by atoms with Crippen LogP contribution in [0.4, 0.5) is 4.39 Å². The van der Waals surface area contributed by atoms with Crippen LogP contribution in [0, 0.1) is 11.7 Å². The fourth-order valence-electron chi connectivity index (χ4n) is 2.86. The van der Waals surface area contributed by atoms with Gasteiger partial charge in [-0.3, -0.25) is 9.59 Å². The fraction of sp³-hybridized carbons (Fsp3) is 0.593. The van der Waals surface area contributed by atoms with Crippen LogP contribution in [0.3, 0.4) is 0 Å². The molecule has 6 nitrogen and oxygen atoms in total. The number of nitrogens with one attached hydrogen (secondary N) is 2. The van der Waals surface area contributed by atoms with E-state index in [0.717, 1.165) is 42.2 Å². The van der Waals surface area contributed by atoms with E-state index in [2.05, 4.69) is 62.1 Å². The van der Waals surface area contributed by atoms with Crippen molar-refractivity contribution < 1.29 is 14.0 Å². The van der Waals surface area contributed by atoms with E-state index in [-0.39, 0.29) is 24.2 Å². The fourth-order valence-corrected chi connectivity index (χ4v) is 2.86. The topological polar surface area (TPSA) is 73.8 Å². The number of carbonyl (C=O) groups is 2. The third kappa shape index (κ3) is 13.2. The molecule has 0 radical (unpaired) electrons. The van der Waals surface area contributed by atoms with Crippen molar-refractivity contribution in [3.8, 4) is 0 Å². The lowest BCUT2D eigenvalue weighted by Crippen LogP contribution is -2.36. The number of aliphatic imine (C=N–C) groups is 1. The predicted molar refractivity (Wildman–Crippen MR) is 141 cm³/mol. The maximum Gasteiger partial charge on any atom is 0.270 e. The van der Waals surface area contributed by atoms with Gasteiger partial charge in [-0.15, -0.1) is 0 Å². The molecular weight excluding hydrogens is 431 g/mol. The highest BCUT2D eigenvalue weighted by Crippen LogP contribution is 2.25. The Kier molecular flexibility index (Phi) is 16.5. The summed E-state index contributed by atoms with van der Waals surface area (Å²) in [7, 11) is 3.53. The van der Waals surface area contributed by atoms with Crippen LogP contribution in [0.2, 0.25) is 0 Å². The highest BCUT2D eigenvalue weighted by Gasteiger charge is 2.25. The van der Waals surface area contributed by atoms with Gasteiger partial charge < -0.3 is 15.5 Å². The Balaban J connectivity index is 0.00000137. The van der Waals surface area contributed by atoms with E-state index < -0.39 is 0 Å². The number of hydrogen-bond donors (Lipinski definition) is 2. The van der Waals surface area contributed by atoms with Crippen molar-refractivity contribution in [1.82, 2.24) is 15.5 Å². The molecule has 0 aromatic heterocycles. The first kappa shape index (κ1) is 31.5. The summed E-state index contributed by atoms with van der Waals surface area (Å²) in [6, 6.07) is 6.10. The SMILES string of the molecule is CC(C)C.CCC.CCCCN(C)CC1=C(C(=O)NCC(=O)NC)N=C(c2ccc(F)cc2)C1. The Labute approximate surface area is 206 Å². The molecular formula is C27H45FN4O2. The van der Waals surface area contributed by atoms with Crippen LogP contribution in [0.1, 0.15) is 72.8 Å². The van der Waals surface area contributed by atoms with Gasteiger partial charge in [-0.1, -0.05) is 66.5 Å². The van der Waals surface area contributed by atoms with Crippen LogP contribution in [-0.4, -0.2) is 56.2 Å². The largest absolute Gasteiger partial charge is 0.358 e. The molecule has 0 bridgehead atoms. The van der Waals surface area contributed by atoms with Gasteiger partial charge in [0.15, 0.2) is 0 Å². The highest BCUT2D eigenvalue weighted by molar-refractivity contribution is 6.10. The van der Waals surface area contributed by atoms with Crippen LogP contribution in [0.25, 0.3) is 0 Å². The van der Waals surface area contributed by atoms with Crippen molar-refractivity contribution in [3.05, 3.63) is 46.9 Å². The zero-order valence-electron chi connectivity index (χ0n) is 22.4. The Morgan fingerprint density at radius 2 is 1.68 bits per heavy atom. The number of unbranched alkanes of at least 4 members (excludes halogenated alkanes) is 1. The summed E-state index contributed by atoms with van der Waals surface area (Å²) in [6.45, 7) is 14.3. The average molecular weight is 477 g/mol. The molecule has 0 spiro atoms. The predicted octanol–water partition coefficient (Wildman–Crippen LogP) is 4.95. The van der Waals surface area contributed by atoms with Crippen molar-refractivity contribution in [1.29, 1.82) is 0 Å². The van der Waals surface area contributed by atoms with Crippen molar-refractivity contribution in [2.75, 3.05) is 33.7 Å². The maximum atomic E-state index is 13.2. The second kappa shape index (κ2) is 17.9. The number of hydrogen-bond acceptors (Lipinski definition) is 4. The van der Waals surface area contributed by atoms with Gasteiger partial charge in [-0.2, -0.15) is 0 Å². The molecule has 0 atom stereocenters. The van der Waals surface area contributed by atoms with Crippen LogP contribution in [0.15, 0.2) is 40.5 Å². The lowest BCUT2D eigenvalue weighted by atomic mass is 10.0. The van der Waals surface area contributed by atoms with Crippen LogP contribution in [0.5, 0.6) is 0 Å². The average Bonchev–Trinajstić information content (AvgIpc) is 3.20. The number of likely N-dealkylation sites (N-methyl/N-ethyl adjacent to an activating group) is 2. The smallest absolute Gasteiger partial charge is 0.270 e. The number of rotatable bonds is 9. The number of carbonyl (C=O) groups excluding carboxylic acids is 2. The Morgan fingerprint density at radius 1 is 1.12 bits per heavy atom. The molecule has 192 valence electrons. The lowest BCUT2D eigenvalue weighted by molar-refractivity contribution is -0.124. The molecule has 2 N–H and O–H groups in total. The van der Waals surface area contributed by atoms with Gasteiger partial charge >= 0.3 is 0 Å². The third-order valence-corrected chi connectivity index (χ3v) is 4.40. The minimum atomic E-state index is -0.366. The first-order chi connectivity index (χ1) is 16.1. The van der Waals surface area contributed by atoms with Gasteiger partial charge in [0, 0.05) is 20.0 Å². The van der Waals surface area contributed by atoms with E-state index in [1.807, 2.05) is 7.05 Å². The van der Waals surface area contributed by atoms with Crippen molar-refractivity contribution in [3.63, 3.8) is 0 Å². The molecule has 1 heterocycles. The van der Waals surface area contributed by atoms with E-state index in [4.69, 9.17) is 0 Å². The normalized spacial score (nSPS) is 12.5. The van der Waals surface area contributed by atoms with E-state index >= 15 is 0 Å². The van der Waals surface area contributed by atoms with Crippen molar-refractivity contribution >= 4 is 17.5 Å². The first-order valence-electron chi connectivity index (χ1n) is 12.3. The summed E-state index contributed by atoms with van der Waals surface area (Å²) in [4.78, 5) is 30.6. The standard InChI is InChI=1S/C20H27FN4O2.C4H10.C3H8/c1-4-5-10-25(3)13-15-11-17(14-6-8-16(21)9-7-14)24-19(15)20(27)23-12-18(26)22-2;1-4(2)3;1-3-2/h6-9H,4-5,10-13H2,1-3H3,(H,22,26)(H,23,27);4H,1-3H3;3H2,1-2H3. The van der Waals surface area contributed by atoms with Crippen LogP contribution in [-0.2, 0) is 9.59 Å². The second-order valence-electron chi connectivity index (χ2n) is 9.08. The van der Waals surface area contributed by atoms with E-state index in [9.17, 15) is 14.0 Å². The first-order valence-corrected chi connectivity index (χ1v) is 12.3. The number of benzene rings is 1. The summed E-state index contributed by atoms with van der Waals surface area (Å²) < 4.78 is 13.2. The molecule has 1 aromatic rings. The molecule has 34 heavy (non-hydrogen) atoms. The quantitative estimate of drug-likeness (QED) is 0.530. The van der Waals surface area contributed by atoms with Gasteiger partial charge in [-0.25, -0.2) is 9.38 Å². The van der Waals surface area contributed by atoms with Gasteiger partial charge in [0.05, 0.1) is 12.3 Å². The van der Waals surface area contributed by atoms with Crippen LogP contribution < -0.4 is 10.6 Å². The number of amides is 2. The van der Waals surface area contributed by atoms with Crippen molar-refractivity contribution in [2.24, 2.45) is 10.9 Å². The van der Waals surface area contributed by atoms with Crippen molar-refractivity contribution in [2.45, 2.75) is 67.2 Å². The van der Waals surface area contributed by atoms with E-state index in [1.165, 1.54) is 25.6 Å². The van der Waals surface area contributed by atoms with E-state index in [1.54, 1.807) is 12.1 Å². The molecule has 0 aliphatic carbocycles. The molecule has 1 aliphatic heterocycles. The Hall–Kier alpha value is -2.54. The number of halogens is 1. The molecule has 0 saturated carbocycles. The third-order valence-electron chi connectivity index (χ3n) is 4.40. The van der Waals surface area contributed by atoms with Crippen LogP contribution >= 0.6 is 0 Å². The second-order valence-corrected chi connectivity index (χ2v) is 9.08. The molecule has 0 fully saturated rings.